The van der Waals surface area contributed by atoms with Crippen LogP contribution in [0.15, 0.2) is 53.0 Å². The second-order valence-corrected chi connectivity index (χ2v) is 7.98. The van der Waals surface area contributed by atoms with Crippen molar-refractivity contribution < 1.29 is 13.2 Å². The molecule has 1 N–H and O–H groups in total. The highest BCUT2D eigenvalue weighted by Crippen LogP contribution is 2.27. The second kappa shape index (κ2) is 7.33. The van der Waals surface area contributed by atoms with Crippen molar-refractivity contribution in [2.75, 3.05) is 22.4 Å². The van der Waals surface area contributed by atoms with Crippen molar-refractivity contribution in [1.29, 1.82) is 0 Å². The molecule has 0 aliphatic carbocycles. The molecule has 8 heteroatoms. The van der Waals surface area contributed by atoms with Crippen molar-refractivity contribution in [3.8, 4) is 0 Å². The number of hydrogen-bond acceptors (Lipinski definition) is 3. The number of nitrogens with one attached hydrogen (secondary N) is 1. The molecule has 0 fully saturated rings. The SMILES string of the molecule is CS(=O)(=O)N(CC(=O)Nc1cccc(Cl)c1)c1ccccc1Br. The summed E-state index contributed by atoms with van der Waals surface area (Å²) in [4.78, 5) is 12.2. The summed E-state index contributed by atoms with van der Waals surface area (Å²) >= 11 is 9.16. The summed E-state index contributed by atoms with van der Waals surface area (Å²) in [5.41, 5.74) is 0.902. The Labute approximate surface area is 148 Å². The van der Waals surface area contributed by atoms with Gasteiger partial charge in [0.15, 0.2) is 0 Å². The Balaban J connectivity index is 2.22. The molecule has 0 unspecified atom stereocenters. The van der Waals surface area contributed by atoms with Crippen molar-refractivity contribution in [3.63, 3.8) is 0 Å². The number of halogens is 2. The van der Waals surface area contributed by atoms with Gasteiger partial charge in [-0.15, -0.1) is 0 Å². The van der Waals surface area contributed by atoms with Crippen LogP contribution in [-0.4, -0.2) is 27.1 Å². The first kappa shape index (κ1) is 17.8. The third-order valence-corrected chi connectivity index (χ3v) is 4.95. The van der Waals surface area contributed by atoms with E-state index in [2.05, 4.69) is 21.2 Å². The molecule has 122 valence electrons. The van der Waals surface area contributed by atoms with Crippen molar-refractivity contribution in [2.45, 2.75) is 0 Å². The van der Waals surface area contributed by atoms with E-state index in [4.69, 9.17) is 11.6 Å². The molecular formula is C15H14BrClN2O3S. The van der Waals surface area contributed by atoms with Crippen LogP contribution >= 0.6 is 27.5 Å². The molecule has 0 radical (unpaired) electrons. The summed E-state index contributed by atoms with van der Waals surface area (Å²) in [6.45, 7) is -0.339. The average molecular weight is 418 g/mol. The zero-order valence-electron chi connectivity index (χ0n) is 12.2. The Kier molecular flexibility index (Phi) is 5.67. The summed E-state index contributed by atoms with van der Waals surface area (Å²) in [5.74, 6) is -0.464. The average Bonchev–Trinajstić information content (AvgIpc) is 2.44. The topological polar surface area (TPSA) is 66.5 Å². The molecule has 0 heterocycles. The van der Waals surface area contributed by atoms with E-state index in [1.54, 1.807) is 48.5 Å². The lowest BCUT2D eigenvalue weighted by atomic mass is 10.3. The van der Waals surface area contributed by atoms with Crippen LogP contribution in [0.25, 0.3) is 0 Å². The lowest BCUT2D eigenvalue weighted by molar-refractivity contribution is -0.114. The highest BCUT2D eigenvalue weighted by atomic mass is 79.9. The van der Waals surface area contributed by atoms with Crippen LogP contribution in [-0.2, 0) is 14.8 Å². The predicted octanol–water partition coefficient (Wildman–Crippen LogP) is 3.51. The van der Waals surface area contributed by atoms with Crippen LogP contribution in [0.2, 0.25) is 5.02 Å². The van der Waals surface area contributed by atoms with Crippen molar-refractivity contribution in [1.82, 2.24) is 0 Å². The summed E-state index contributed by atoms with van der Waals surface area (Å²) in [5, 5.41) is 3.11. The van der Waals surface area contributed by atoms with Gasteiger partial charge in [-0.2, -0.15) is 0 Å². The summed E-state index contributed by atoms with van der Waals surface area (Å²) in [7, 11) is -3.62. The highest BCUT2D eigenvalue weighted by molar-refractivity contribution is 9.10. The normalized spacial score (nSPS) is 11.1. The molecule has 0 saturated carbocycles. The number of nitrogens with zero attached hydrogens (tertiary/aromatic N) is 1. The lowest BCUT2D eigenvalue weighted by Crippen LogP contribution is -2.37. The molecule has 2 aromatic carbocycles. The Morgan fingerprint density at radius 1 is 1.22 bits per heavy atom. The molecule has 2 rings (SSSR count). The van der Waals surface area contributed by atoms with Crippen LogP contribution < -0.4 is 9.62 Å². The van der Waals surface area contributed by atoms with Gasteiger partial charge in [0.05, 0.1) is 11.9 Å². The Morgan fingerprint density at radius 3 is 2.52 bits per heavy atom. The number of carbonyl (C=O) groups excluding carboxylic acids is 1. The molecule has 0 aliphatic heterocycles. The number of hydrogen-bond donors (Lipinski definition) is 1. The van der Waals surface area contributed by atoms with Gasteiger partial charge in [-0.3, -0.25) is 9.10 Å². The number of anilines is 2. The van der Waals surface area contributed by atoms with E-state index < -0.39 is 15.9 Å². The third kappa shape index (κ3) is 4.95. The third-order valence-electron chi connectivity index (χ3n) is 2.92. The van der Waals surface area contributed by atoms with E-state index in [1.807, 2.05) is 0 Å². The monoisotopic (exact) mass is 416 g/mol. The molecular weight excluding hydrogens is 404 g/mol. The van der Waals surface area contributed by atoms with E-state index in [0.29, 0.717) is 20.9 Å². The zero-order valence-corrected chi connectivity index (χ0v) is 15.3. The van der Waals surface area contributed by atoms with E-state index in [-0.39, 0.29) is 6.54 Å². The molecule has 0 aromatic heterocycles. The number of para-hydroxylation sites is 1. The van der Waals surface area contributed by atoms with Gasteiger partial charge >= 0.3 is 0 Å². The molecule has 2 aromatic rings. The van der Waals surface area contributed by atoms with Gasteiger partial charge in [-0.05, 0) is 46.3 Å². The van der Waals surface area contributed by atoms with Gasteiger partial charge in [-0.1, -0.05) is 29.8 Å². The summed E-state index contributed by atoms with van der Waals surface area (Å²) < 4.78 is 25.7. The zero-order chi connectivity index (χ0) is 17.0. The van der Waals surface area contributed by atoms with Gasteiger partial charge in [0.1, 0.15) is 6.54 Å². The lowest BCUT2D eigenvalue weighted by Gasteiger charge is -2.23. The fraction of sp³-hybridized carbons (Fsp3) is 0.133. The minimum atomic E-state index is -3.62. The fourth-order valence-electron chi connectivity index (χ4n) is 1.93. The van der Waals surface area contributed by atoms with Crippen LogP contribution in [0.4, 0.5) is 11.4 Å². The van der Waals surface area contributed by atoms with E-state index >= 15 is 0 Å². The number of rotatable bonds is 5. The fourth-order valence-corrected chi connectivity index (χ4v) is 3.61. The van der Waals surface area contributed by atoms with Crippen LogP contribution in [0.3, 0.4) is 0 Å². The predicted molar refractivity (Wildman–Crippen MR) is 96.4 cm³/mol. The minimum absolute atomic E-state index is 0.339. The maximum absolute atomic E-state index is 12.2. The molecule has 5 nitrogen and oxygen atoms in total. The molecule has 0 aliphatic rings. The van der Waals surface area contributed by atoms with Crippen LogP contribution in [0.5, 0.6) is 0 Å². The quantitative estimate of drug-likeness (QED) is 0.809. The largest absolute Gasteiger partial charge is 0.324 e. The molecule has 0 spiro atoms. The number of amides is 1. The molecule has 1 amide bonds. The number of carbonyl (C=O) groups is 1. The van der Waals surface area contributed by atoms with Crippen LogP contribution in [0.1, 0.15) is 0 Å². The van der Waals surface area contributed by atoms with Crippen LogP contribution in [0, 0.1) is 0 Å². The smallest absolute Gasteiger partial charge is 0.245 e. The van der Waals surface area contributed by atoms with Gasteiger partial charge in [0, 0.05) is 15.2 Å². The Morgan fingerprint density at radius 2 is 1.91 bits per heavy atom. The van der Waals surface area contributed by atoms with E-state index in [0.717, 1.165) is 10.6 Å². The van der Waals surface area contributed by atoms with Crippen molar-refractivity contribution in [3.05, 3.63) is 58.0 Å². The highest BCUT2D eigenvalue weighted by Gasteiger charge is 2.22. The van der Waals surface area contributed by atoms with Gasteiger partial charge in [0.25, 0.3) is 0 Å². The van der Waals surface area contributed by atoms with E-state index in [9.17, 15) is 13.2 Å². The Bertz CT molecular complexity index is 827. The van der Waals surface area contributed by atoms with Gasteiger partial charge in [0.2, 0.25) is 15.9 Å². The van der Waals surface area contributed by atoms with E-state index in [1.165, 1.54) is 0 Å². The minimum Gasteiger partial charge on any atom is -0.324 e. The van der Waals surface area contributed by atoms with Crippen molar-refractivity contribution in [2.24, 2.45) is 0 Å². The molecule has 0 saturated heterocycles. The first-order chi connectivity index (χ1) is 10.8. The second-order valence-electron chi connectivity index (χ2n) is 4.78. The molecule has 23 heavy (non-hydrogen) atoms. The first-order valence-corrected chi connectivity index (χ1v) is 9.57. The number of sulfonamides is 1. The summed E-state index contributed by atoms with van der Waals surface area (Å²) in [6, 6.07) is 13.4. The number of benzene rings is 2. The Hall–Kier alpha value is -1.57. The van der Waals surface area contributed by atoms with Gasteiger partial charge in [-0.25, -0.2) is 8.42 Å². The standard InChI is InChI=1S/C15H14BrClN2O3S/c1-23(21,22)19(14-8-3-2-7-13(14)16)10-15(20)18-12-6-4-5-11(17)9-12/h2-9H,10H2,1H3,(H,18,20). The maximum atomic E-state index is 12.2. The maximum Gasteiger partial charge on any atom is 0.245 e. The summed E-state index contributed by atoms with van der Waals surface area (Å²) in [6.07, 6.45) is 1.05. The molecule has 0 bridgehead atoms. The first-order valence-electron chi connectivity index (χ1n) is 6.55. The molecule has 0 atom stereocenters. The van der Waals surface area contributed by atoms with Gasteiger partial charge < -0.3 is 5.32 Å². The van der Waals surface area contributed by atoms with Crippen molar-refractivity contribution >= 4 is 54.8 Å².